The van der Waals surface area contributed by atoms with E-state index in [9.17, 15) is 34.1 Å². The molecule has 0 aromatic carbocycles. The van der Waals surface area contributed by atoms with Gasteiger partial charge in [0.15, 0.2) is 6.10 Å². The number of esters is 2. The minimum Gasteiger partial charge on any atom is -0.462 e. The Balaban J connectivity index is 2.51. The topological polar surface area (TPSA) is 166 Å². The van der Waals surface area contributed by atoms with Crippen LogP contribution in [0.2, 0.25) is 0 Å². The summed E-state index contributed by atoms with van der Waals surface area (Å²) in [7, 11) is 1.31. The molecule has 12 nitrogen and oxygen atoms in total. The van der Waals surface area contributed by atoms with Crippen LogP contribution in [0.25, 0.3) is 0 Å². The van der Waals surface area contributed by atoms with Crippen LogP contribution >= 0.6 is 7.82 Å². The highest BCUT2D eigenvalue weighted by Gasteiger charge is 2.39. The van der Waals surface area contributed by atoms with E-state index in [0.29, 0.717) is 36.7 Å². The fourth-order valence-electron chi connectivity index (χ4n) is 6.44. The number of hydrogen-bond acceptors (Lipinski definition) is 10. The summed E-state index contributed by atoms with van der Waals surface area (Å²) in [6.07, 6.45) is 31.8. The van der Waals surface area contributed by atoms with E-state index < -0.39 is 50.6 Å². The van der Waals surface area contributed by atoms with Crippen molar-refractivity contribution in [2.45, 2.75) is 154 Å². The summed E-state index contributed by atoms with van der Waals surface area (Å²) in [6, 6.07) is 0. The van der Waals surface area contributed by atoms with Crippen molar-refractivity contribution in [1.29, 1.82) is 0 Å². The number of carbonyl (C=O) groups excluding carboxylic acids is 3. The Morgan fingerprint density at radius 3 is 2.10 bits per heavy atom. The average Bonchev–Trinajstić information content (AvgIpc) is 3.44. The van der Waals surface area contributed by atoms with Gasteiger partial charge in [0.2, 0.25) is 0 Å². The summed E-state index contributed by atoms with van der Waals surface area (Å²) in [5.74, 6) is -1.58. The number of allylic oxidation sites excluding steroid dienone is 9. The Bertz CT molecular complexity index is 1350. The Morgan fingerprint density at radius 2 is 1.44 bits per heavy atom. The third-order valence-electron chi connectivity index (χ3n) is 9.94. The van der Waals surface area contributed by atoms with E-state index in [1.165, 1.54) is 0 Å². The maximum absolute atomic E-state index is 12.7. The van der Waals surface area contributed by atoms with Crippen LogP contribution in [0, 0.1) is 11.8 Å². The van der Waals surface area contributed by atoms with Crippen LogP contribution in [0.1, 0.15) is 136 Å². The maximum Gasteiger partial charge on any atom is 0.472 e. The number of hydrogen-bond donors (Lipinski definition) is 3. The number of ketones is 1. The number of rotatable bonds is 35. The standard InChI is InChI=1S/C46H78NO11P/c1-6-8-10-11-12-13-14-15-16-17-18-19-20-21-27-31-46(52)58-40(38-57-59(53,54)56-35-34-47(3,4)5)37-55-45(51)30-26-23-22-25-29-41-42(44(50)36-43(41)49)33-32-39(48)28-24-9-7-2/h8,10,12-13,15-16,18-19,32-33,39-43,48-49H,6-7,9,11,14,17,20-31,34-38H2,1-5H3/p+1/b10-8-,13-12-,16-15-,19-18-,33-32+/t39-,40+,41+,42+,43-/m0/s1. The van der Waals surface area contributed by atoms with Crippen LogP contribution in [0.5, 0.6) is 0 Å². The molecule has 1 fully saturated rings. The van der Waals surface area contributed by atoms with Crippen LogP contribution in [-0.2, 0) is 37.5 Å². The third kappa shape index (κ3) is 30.1. The number of likely N-dealkylation sites (N-methyl/N-ethyl adjacent to an activating group) is 1. The van der Waals surface area contributed by atoms with Crippen LogP contribution in [0.4, 0.5) is 0 Å². The van der Waals surface area contributed by atoms with Gasteiger partial charge in [-0.05, 0) is 70.1 Å². The molecule has 1 unspecified atom stereocenters. The van der Waals surface area contributed by atoms with Gasteiger partial charge in [0.25, 0.3) is 0 Å². The van der Waals surface area contributed by atoms with E-state index in [2.05, 4.69) is 62.5 Å². The molecule has 0 saturated heterocycles. The molecule has 59 heavy (non-hydrogen) atoms. The van der Waals surface area contributed by atoms with Crippen LogP contribution < -0.4 is 0 Å². The van der Waals surface area contributed by atoms with Crippen LogP contribution in [-0.4, -0.2) is 103 Å². The zero-order valence-corrected chi connectivity index (χ0v) is 37.8. The van der Waals surface area contributed by atoms with Gasteiger partial charge in [0, 0.05) is 25.2 Å². The van der Waals surface area contributed by atoms with Crippen molar-refractivity contribution in [2.75, 3.05) is 47.5 Å². The van der Waals surface area contributed by atoms with Gasteiger partial charge in [-0.15, -0.1) is 0 Å². The molecule has 1 aliphatic rings. The molecule has 0 aromatic rings. The average molecular weight is 853 g/mol. The van der Waals surface area contributed by atoms with Gasteiger partial charge in [-0.3, -0.25) is 23.4 Å². The molecule has 0 aliphatic heterocycles. The van der Waals surface area contributed by atoms with E-state index in [1.54, 1.807) is 12.2 Å². The molecule has 0 bridgehead atoms. The van der Waals surface area contributed by atoms with Gasteiger partial charge in [0.05, 0.1) is 40.0 Å². The number of aliphatic hydroxyl groups excluding tert-OH is 2. The normalized spacial score (nSPS) is 19.8. The van der Waals surface area contributed by atoms with Gasteiger partial charge in [-0.1, -0.05) is 113 Å². The first-order chi connectivity index (χ1) is 28.2. The van der Waals surface area contributed by atoms with Crippen molar-refractivity contribution in [3.05, 3.63) is 60.8 Å². The monoisotopic (exact) mass is 853 g/mol. The van der Waals surface area contributed by atoms with Gasteiger partial charge in [-0.25, -0.2) is 4.57 Å². The number of phosphoric acid groups is 1. The van der Waals surface area contributed by atoms with Crippen molar-refractivity contribution < 1.29 is 57.1 Å². The Kier molecular flexibility index (Phi) is 30.4. The molecule has 1 rings (SSSR count). The third-order valence-corrected chi connectivity index (χ3v) is 10.9. The molecule has 3 N–H and O–H groups in total. The summed E-state index contributed by atoms with van der Waals surface area (Å²) >= 11 is 0. The number of carbonyl (C=O) groups is 3. The molecule has 0 aromatic heterocycles. The van der Waals surface area contributed by atoms with Gasteiger partial charge >= 0.3 is 19.8 Å². The lowest BCUT2D eigenvalue weighted by Gasteiger charge is -2.24. The van der Waals surface area contributed by atoms with Crippen molar-refractivity contribution in [2.24, 2.45) is 11.8 Å². The molecular weight excluding hydrogens is 773 g/mol. The van der Waals surface area contributed by atoms with Gasteiger partial charge in [0.1, 0.15) is 25.5 Å². The predicted octanol–water partition coefficient (Wildman–Crippen LogP) is 9.05. The van der Waals surface area contributed by atoms with Crippen molar-refractivity contribution in [3.8, 4) is 0 Å². The molecular formula is C46H79NO11P+. The number of Topliss-reactive ketones (excluding diaryl/α,β-unsaturated/α-hetero) is 1. The molecule has 338 valence electrons. The second kappa shape index (κ2) is 33.0. The van der Waals surface area contributed by atoms with Crippen LogP contribution in [0.3, 0.4) is 0 Å². The first-order valence-corrected chi connectivity index (χ1v) is 23.6. The number of unbranched alkanes of at least 4 members (excludes halogenated alkanes) is 7. The van der Waals surface area contributed by atoms with Crippen molar-refractivity contribution >= 4 is 25.5 Å². The Labute approximate surface area is 356 Å². The molecule has 0 amide bonds. The second-order valence-corrected chi connectivity index (χ2v) is 17.9. The highest BCUT2D eigenvalue weighted by atomic mass is 31.2. The minimum absolute atomic E-state index is 0.00328. The quantitative estimate of drug-likeness (QED) is 0.0183. The first kappa shape index (κ1) is 54.3. The summed E-state index contributed by atoms with van der Waals surface area (Å²) in [5, 5.41) is 20.8. The lowest BCUT2D eigenvalue weighted by atomic mass is 9.88. The number of quaternary nitrogens is 1. The number of ether oxygens (including phenoxy) is 2. The number of nitrogens with zero attached hydrogens (tertiary/aromatic N) is 1. The summed E-state index contributed by atoms with van der Waals surface area (Å²) in [5.41, 5.74) is 0. The molecule has 0 spiro atoms. The number of aliphatic hydroxyl groups is 2. The fraction of sp³-hybridized carbons (Fsp3) is 0.717. The van der Waals surface area contributed by atoms with E-state index >= 15 is 0 Å². The second-order valence-electron chi connectivity index (χ2n) is 16.5. The molecule has 13 heteroatoms. The molecule has 0 radical (unpaired) electrons. The summed E-state index contributed by atoms with van der Waals surface area (Å²) in [4.78, 5) is 48.1. The predicted molar refractivity (Wildman–Crippen MR) is 234 cm³/mol. The number of phosphoric ester groups is 1. The lowest BCUT2D eigenvalue weighted by molar-refractivity contribution is -0.870. The van der Waals surface area contributed by atoms with Crippen molar-refractivity contribution in [3.63, 3.8) is 0 Å². The zero-order valence-electron chi connectivity index (χ0n) is 36.9. The highest BCUT2D eigenvalue weighted by Crippen LogP contribution is 2.43. The van der Waals surface area contributed by atoms with Gasteiger partial charge in [-0.2, -0.15) is 0 Å². The van der Waals surface area contributed by atoms with E-state index in [4.69, 9.17) is 18.5 Å². The van der Waals surface area contributed by atoms with E-state index in [0.717, 1.165) is 77.0 Å². The van der Waals surface area contributed by atoms with Gasteiger partial charge < -0.3 is 29.1 Å². The molecule has 1 saturated carbocycles. The summed E-state index contributed by atoms with van der Waals surface area (Å²) in [6.45, 7) is 3.86. The lowest BCUT2D eigenvalue weighted by Crippen LogP contribution is -2.37. The largest absolute Gasteiger partial charge is 0.472 e. The van der Waals surface area contributed by atoms with E-state index in [-0.39, 0.29) is 44.2 Å². The smallest absolute Gasteiger partial charge is 0.462 e. The SMILES string of the molecule is CC/C=C\C/C=C\C/C=C\C/C=C\CCCCC(=O)O[C@H](COC(=O)CCCCCC[C@H]1[C@@H](O)CC(=O)[C@@H]1/C=C/[C@@H](O)CCCCC)COP(=O)(O)OCC[N+](C)(C)C. The van der Waals surface area contributed by atoms with Crippen molar-refractivity contribution in [1.82, 2.24) is 0 Å². The maximum atomic E-state index is 12.7. The first-order valence-electron chi connectivity index (χ1n) is 22.1. The summed E-state index contributed by atoms with van der Waals surface area (Å²) < 4.78 is 34.2. The highest BCUT2D eigenvalue weighted by molar-refractivity contribution is 7.47. The zero-order chi connectivity index (χ0) is 43.8. The molecule has 1 aliphatic carbocycles. The molecule has 0 heterocycles. The fourth-order valence-corrected chi connectivity index (χ4v) is 7.18. The van der Waals surface area contributed by atoms with Crippen LogP contribution in [0.15, 0.2) is 60.8 Å². The molecule has 6 atom stereocenters. The Morgan fingerprint density at radius 1 is 0.814 bits per heavy atom. The minimum atomic E-state index is -4.45. The van der Waals surface area contributed by atoms with E-state index in [1.807, 2.05) is 21.1 Å². The Hall–Kier alpha value is -2.70.